The van der Waals surface area contributed by atoms with Gasteiger partial charge in [-0.2, -0.15) is 11.3 Å². The van der Waals surface area contributed by atoms with Crippen LogP contribution in [0.15, 0.2) is 41.1 Å². The number of carbonyl (C=O) groups excluding carboxylic acids is 2. The standard InChI is InChI=1S/C18H21N3O2S.ClH/c19-16-4-2-14(3-5-16)12-17(22)20-7-1-8-21(10-9-20)18(23)15-6-11-24-13-15;/h2-6,11,13H,1,7-10,12,19H2;1H. The van der Waals surface area contributed by atoms with Crippen molar-refractivity contribution in [2.75, 3.05) is 31.9 Å². The van der Waals surface area contributed by atoms with Gasteiger partial charge in [0.2, 0.25) is 5.91 Å². The first-order valence-electron chi connectivity index (χ1n) is 8.07. The minimum atomic E-state index is 0. The highest BCUT2D eigenvalue weighted by molar-refractivity contribution is 7.08. The third kappa shape index (κ3) is 4.96. The van der Waals surface area contributed by atoms with Crippen LogP contribution in [0.2, 0.25) is 0 Å². The Morgan fingerprint density at radius 3 is 2.36 bits per heavy atom. The third-order valence-electron chi connectivity index (χ3n) is 4.24. The molecule has 3 rings (SSSR count). The molecule has 7 heteroatoms. The highest BCUT2D eigenvalue weighted by Gasteiger charge is 2.23. The van der Waals surface area contributed by atoms with Crippen molar-refractivity contribution in [2.24, 2.45) is 0 Å². The van der Waals surface area contributed by atoms with Crippen LogP contribution < -0.4 is 5.73 Å². The number of halogens is 1. The van der Waals surface area contributed by atoms with Crippen LogP contribution in [0.3, 0.4) is 0 Å². The predicted octanol–water partition coefficient (Wildman–Crippen LogP) is 2.67. The minimum absolute atomic E-state index is 0. The van der Waals surface area contributed by atoms with E-state index in [-0.39, 0.29) is 24.2 Å². The monoisotopic (exact) mass is 379 g/mol. The van der Waals surface area contributed by atoms with Gasteiger partial charge in [-0.25, -0.2) is 0 Å². The molecule has 0 spiro atoms. The van der Waals surface area contributed by atoms with E-state index in [2.05, 4.69) is 0 Å². The van der Waals surface area contributed by atoms with Crippen LogP contribution in [0.4, 0.5) is 5.69 Å². The molecule has 2 heterocycles. The zero-order chi connectivity index (χ0) is 16.9. The minimum Gasteiger partial charge on any atom is -0.399 e. The van der Waals surface area contributed by atoms with Gasteiger partial charge in [-0.3, -0.25) is 9.59 Å². The second-order valence-corrected chi connectivity index (χ2v) is 6.74. The third-order valence-corrected chi connectivity index (χ3v) is 4.92. The summed E-state index contributed by atoms with van der Waals surface area (Å²) in [4.78, 5) is 28.6. The average molecular weight is 380 g/mol. The van der Waals surface area contributed by atoms with E-state index in [1.807, 2.05) is 50.9 Å². The first-order chi connectivity index (χ1) is 11.6. The lowest BCUT2D eigenvalue weighted by molar-refractivity contribution is -0.130. The van der Waals surface area contributed by atoms with Gasteiger partial charge in [-0.05, 0) is 35.6 Å². The molecule has 25 heavy (non-hydrogen) atoms. The lowest BCUT2D eigenvalue weighted by atomic mass is 10.1. The Balaban J connectivity index is 0.00000225. The molecule has 1 aliphatic heterocycles. The van der Waals surface area contributed by atoms with E-state index in [9.17, 15) is 9.59 Å². The maximum absolute atomic E-state index is 12.5. The normalized spacial score (nSPS) is 14.6. The Morgan fingerprint density at radius 2 is 1.68 bits per heavy atom. The van der Waals surface area contributed by atoms with Crippen molar-refractivity contribution in [3.8, 4) is 0 Å². The van der Waals surface area contributed by atoms with Crippen LogP contribution in [0.5, 0.6) is 0 Å². The molecule has 2 N–H and O–H groups in total. The van der Waals surface area contributed by atoms with Crippen molar-refractivity contribution < 1.29 is 9.59 Å². The van der Waals surface area contributed by atoms with Crippen molar-refractivity contribution in [1.82, 2.24) is 9.80 Å². The van der Waals surface area contributed by atoms with Gasteiger partial charge in [0.1, 0.15) is 0 Å². The van der Waals surface area contributed by atoms with Gasteiger partial charge in [0.25, 0.3) is 5.91 Å². The number of thiophene rings is 1. The quantitative estimate of drug-likeness (QED) is 0.834. The van der Waals surface area contributed by atoms with E-state index in [1.54, 1.807) is 0 Å². The zero-order valence-electron chi connectivity index (χ0n) is 13.9. The lowest BCUT2D eigenvalue weighted by Gasteiger charge is -2.22. The van der Waals surface area contributed by atoms with Crippen LogP contribution in [0.25, 0.3) is 0 Å². The Bertz CT molecular complexity index is 704. The van der Waals surface area contributed by atoms with Crippen molar-refractivity contribution >= 4 is 41.2 Å². The number of rotatable bonds is 3. The fraction of sp³-hybridized carbons (Fsp3) is 0.333. The maximum atomic E-state index is 12.5. The van der Waals surface area contributed by atoms with Gasteiger partial charge >= 0.3 is 0 Å². The van der Waals surface area contributed by atoms with Crippen molar-refractivity contribution in [3.05, 3.63) is 52.2 Å². The molecule has 0 aliphatic carbocycles. The first kappa shape index (κ1) is 19.3. The summed E-state index contributed by atoms with van der Waals surface area (Å²) in [7, 11) is 0. The molecule has 1 aromatic carbocycles. The number of hydrogen-bond acceptors (Lipinski definition) is 4. The molecule has 1 aromatic heterocycles. The number of nitrogens with two attached hydrogens (primary N) is 1. The summed E-state index contributed by atoms with van der Waals surface area (Å²) in [5.74, 6) is 0.161. The largest absolute Gasteiger partial charge is 0.399 e. The average Bonchev–Trinajstić information content (AvgIpc) is 3.00. The number of carbonyl (C=O) groups is 2. The van der Waals surface area contributed by atoms with E-state index >= 15 is 0 Å². The number of hydrogen-bond donors (Lipinski definition) is 1. The SMILES string of the molecule is Cl.Nc1ccc(CC(=O)N2CCCN(C(=O)c3ccsc3)CC2)cc1. The Labute approximate surface area is 157 Å². The molecule has 0 bridgehead atoms. The topological polar surface area (TPSA) is 66.6 Å². The van der Waals surface area contributed by atoms with E-state index in [1.165, 1.54) is 11.3 Å². The highest BCUT2D eigenvalue weighted by atomic mass is 35.5. The van der Waals surface area contributed by atoms with E-state index in [0.29, 0.717) is 38.3 Å². The Morgan fingerprint density at radius 1 is 1.00 bits per heavy atom. The van der Waals surface area contributed by atoms with Gasteiger partial charge in [0.15, 0.2) is 0 Å². The van der Waals surface area contributed by atoms with Crippen molar-refractivity contribution in [3.63, 3.8) is 0 Å². The number of anilines is 1. The summed E-state index contributed by atoms with van der Waals surface area (Å²) in [6.45, 7) is 2.56. The van der Waals surface area contributed by atoms with Gasteiger partial charge in [-0.1, -0.05) is 12.1 Å². The number of nitrogens with zero attached hydrogens (tertiary/aromatic N) is 2. The summed E-state index contributed by atoms with van der Waals surface area (Å²) >= 11 is 1.52. The Hall–Kier alpha value is -2.05. The van der Waals surface area contributed by atoms with Crippen LogP contribution in [0.1, 0.15) is 22.3 Å². The molecule has 0 unspecified atom stereocenters. The molecule has 5 nitrogen and oxygen atoms in total. The molecule has 1 aliphatic rings. The molecule has 134 valence electrons. The van der Waals surface area contributed by atoms with E-state index in [4.69, 9.17) is 5.73 Å². The lowest BCUT2D eigenvalue weighted by Crippen LogP contribution is -2.37. The highest BCUT2D eigenvalue weighted by Crippen LogP contribution is 2.13. The molecular formula is C18H22ClN3O2S. The summed E-state index contributed by atoms with van der Waals surface area (Å²) < 4.78 is 0. The van der Waals surface area contributed by atoms with Gasteiger partial charge in [0, 0.05) is 37.2 Å². The Kier molecular flexibility index (Phi) is 6.84. The molecule has 2 aromatic rings. The van der Waals surface area contributed by atoms with Crippen LogP contribution in [-0.4, -0.2) is 47.8 Å². The number of benzene rings is 1. The van der Waals surface area contributed by atoms with Gasteiger partial charge < -0.3 is 15.5 Å². The maximum Gasteiger partial charge on any atom is 0.254 e. The number of amides is 2. The van der Waals surface area contributed by atoms with Gasteiger partial charge in [0.05, 0.1) is 12.0 Å². The first-order valence-corrected chi connectivity index (χ1v) is 9.01. The van der Waals surface area contributed by atoms with E-state index < -0.39 is 0 Å². The molecule has 1 saturated heterocycles. The van der Waals surface area contributed by atoms with Gasteiger partial charge in [-0.15, -0.1) is 12.4 Å². The smallest absolute Gasteiger partial charge is 0.254 e. The summed E-state index contributed by atoms with van der Waals surface area (Å²) in [5.41, 5.74) is 8.07. The molecular weight excluding hydrogens is 358 g/mol. The predicted molar refractivity (Wildman–Crippen MR) is 103 cm³/mol. The molecule has 0 atom stereocenters. The van der Waals surface area contributed by atoms with E-state index in [0.717, 1.165) is 17.5 Å². The summed E-state index contributed by atoms with van der Waals surface area (Å²) in [6.07, 6.45) is 1.18. The van der Waals surface area contributed by atoms with Crippen LogP contribution in [-0.2, 0) is 11.2 Å². The van der Waals surface area contributed by atoms with Crippen LogP contribution in [0, 0.1) is 0 Å². The van der Waals surface area contributed by atoms with Crippen molar-refractivity contribution in [2.45, 2.75) is 12.8 Å². The zero-order valence-corrected chi connectivity index (χ0v) is 15.5. The summed E-state index contributed by atoms with van der Waals surface area (Å²) in [5, 5.41) is 3.78. The second-order valence-electron chi connectivity index (χ2n) is 5.96. The van der Waals surface area contributed by atoms with Crippen LogP contribution >= 0.6 is 23.7 Å². The fourth-order valence-electron chi connectivity index (χ4n) is 2.86. The molecule has 0 saturated carbocycles. The fourth-order valence-corrected chi connectivity index (χ4v) is 3.49. The molecule has 1 fully saturated rings. The van der Waals surface area contributed by atoms with Crippen molar-refractivity contribution in [1.29, 1.82) is 0 Å². The molecule has 2 amide bonds. The second kappa shape index (κ2) is 8.87. The number of nitrogen functional groups attached to an aromatic ring is 1. The summed E-state index contributed by atoms with van der Waals surface area (Å²) in [6, 6.07) is 9.25. The molecule has 0 radical (unpaired) electrons.